The molecule has 0 saturated carbocycles. The van der Waals surface area contributed by atoms with Gasteiger partial charge in [-0.15, -0.1) is 0 Å². The Morgan fingerprint density at radius 1 is 1.39 bits per heavy atom. The molecule has 8 nitrogen and oxygen atoms in total. The summed E-state index contributed by atoms with van der Waals surface area (Å²) in [5.41, 5.74) is 2.12. The van der Waals surface area contributed by atoms with Gasteiger partial charge < -0.3 is 20.0 Å². The number of halogens is 1. The first kappa shape index (κ1) is 21.4. The third-order valence-corrected chi connectivity index (χ3v) is 6.32. The molecule has 1 aromatic carbocycles. The summed E-state index contributed by atoms with van der Waals surface area (Å²) in [6.45, 7) is 5.25. The smallest absolute Gasteiger partial charge is 0.324 e. The second-order valence-corrected chi connectivity index (χ2v) is 8.69. The number of hydrogen-bond acceptors (Lipinski definition) is 7. The fourth-order valence-electron chi connectivity index (χ4n) is 3.77. The number of hydrogen-bond donors (Lipinski definition) is 3. The number of carbonyl (C=O) groups is 1. The zero-order valence-corrected chi connectivity index (χ0v) is 18.1. The van der Waals surface area contributed by atoms with E-state index in [1.807, 2.05) is 19.9 Å². The number of nitrogens with one attached hydrogen (secondary N) is 1. The number of pyridine rings is 1. The van der Waals surface area contributed by atoms with E-state index in [0.29, 0.717) is 40.5 Å². The molecule has 3 heterocycles. The van der Waals surface area contributed by atoms with Crippen LogP contribution in [0.5, 0.6) is 0 Å². The van der Waals surface area contributed by atoms with Crippen LogP contribution in [0, 0.1) is 12.7 Å². The van der Waals surface area contributed by atoms with Crippen molar-refractivity contribution in [2.75, 3.05) is 36.5 Å². The number of benzene rings is 1. The fraction of sp³-hybridized carbons (Fsp3) is 0.381. The molecule has 1 aliphatic heterocycles. The summed E-state index contributed by atoms with van der Waals surface area (Å²) in [7, 11) is 0. The largest absolute Gasteiger partial charge is 0.393 e. The minimum atomic E-state index is -0.946. The number of aryl methyl sites for hydroxylation is 1. The second kappa shape index (κ2) is 8.74. The molecule has 0 spiro atoms. The predicted octanol–water partition coefficient (Wildman–Crippen LogP) is 2.91. The average Bonchev–Trinajstić information content (AvgIpc) is 3.14. The van der Waals surface area contributed by atoms with Crippen LogP contribution >= 0.6 is 11.3 Å². The van der Waals surface area contributed by atoms with Crippen molar-refractivity contribution in [3.05, 3.63) is 47.4 Å². The maximum Gasteiger partial charge on any atom is 0.324 e. The van der Waals surface area contributed by atoms with E-state index in [0.717, 1.165) is 11.4 Å². The van der Waals surface area contributed by atoms with E-state index in [-0.39, 0.29) is 24.5 Å². The lowest BCUT2D eigenvalue weighted by Crippen LogP contribution is -2.55. The summed E-state index contributed by atoms with van der Waals surface area (Å²) in [5.74, 6) is 0.468. The Hall–Kier alpha value is -2.82. The standard InChI is InChI=1S/C21H24FN5O3S/c1-12-7-14(17(29)11-28)9-23-19(12)26-5-6-27(13(2)10-26)21(30)25-20-24-16-4-3-15(22)8-18(16)31-20/h3-4,7-9,13,17,28-29H,5-6,10-11H2,1-2H3,(H,24,25,30)/t13-,17-/m1/s1. The number of urea groups is 1. The van der Waals surface area contributed by atoms with Crippen LogP contribution in [0.1, 0.15) is 24.2 Å². The van der Waals surface area contributed by atoms with Crippen molar-refractivity contribution in [2.45, 2.75) is 26.0 Å². The van der Waals surface area contributed by atoms with E-state index in [4.69, 9.17) is 5.11 Å². The number of thiazole rings is 1. The molecular formula is C21H24FN5O3S. The van der Waals surface area contributed by atoms with Crippen LogP contribution < -0.4 is 10.2 Å². The van der Waals surface area contributed by atoms with Gasteiger partial charge in [0.05, 0.1) is 16.8 Å². The number of aliphatic hydroxyl groups is 2. The van der Waals surface area contributed by atoms with Crippen LogP contribution in [-0.4, -0.2) is 63.4 Å². The van der Waals surface area contributed by atoms with Crippen molar-refractivity contribution in [1.29, 1.82) is 0 Å². The first-order valence-corrected chi connectivity index (χ1v) is 10.8. The molecule has 1 aliphatic rings. The highest BCUT2D eigenvalue weighted by atomic mass is 32.1. The summed E-state index contributed by atoms with van der Waals surface area (Å²) in [4.78, 5) is 25.5. The molecule has 31 heavy (non-hydrogen) atoms. The number of rotatable bonds is 4. The summed E-state index contributed by atoms with van der Waals surface area (Å²) < 4.78 is 14.1. The van der Waals surface area contributed by atoms with E-state index in [1.165, 1.54) is 23.5 Å². The van der Waals surface area contributed by atoms with E-state index in [2.05, 4.69) is 20.2 Å². The monoisotopic (exact) mass is 445 g/mol. The second-order valence-electron chi connectivity index (χ2n) is 7.66. The summed E-state index contributed by atoms with van der Waals surface area (Å²) in [5, 5.41) is 22.2. The van der Waals surface area contributed by atoms with Crippen molar-refractivity contribution in [2.24, 2.45) is 0 Å². The first-order valence-electron chi connectivity index (χ1n) is 10.00. The third kappa shape index (κ3) is 4.46. The zero-order valence-electron chi connectivity index (χ0n) is 17.2. The summed E-state index contributed by atoms with van der Waals surface area (Å²) in [6.07, 6.45) is 0.627. The molecule has 2 aromatic heterocycles. The van der Waals surface area contributed by atoms with Crippen LogP contribution in [0.2, 0.25) is 0 Å². The number of aromatic nitrogens is 2. The Labute approximate surface area is 183 Å². The minimum absolute atomic E-state index is 0.0653. The number of piperazine rings is 1. The van der Waals surface area contributed by atoms with Gasteiger partial charge in [0, 0.05) is 37.4 Å². The molecule has 164 valence electrons. The van der Waals surface area contributed by atoms with Gasteiger partial charge >= 0.3 is 6.03 Å². The molecule has 1 saturated heterocycles. The highest BCUT2D eigenvalue weighted by Crippen LogP contribution is 2.28. The maximum atomic E-state index is 13.4. The van der Waals surface area contributed by atoms with Crippen LogP contribution in [0.3, 0.4) is 0 Å². The van der Waals surface area contributed by atoms with Crippen LogP contribution in [0.15, 0.2) is 30.5 Å². The Balaban J connectivity index is 1.42. The van der Waals surface area contributed by atoms with Crippen LogP contribution in [0.25, 0.3) is 10.2 Å². The predicted molar refractivity (Wildman–Crippen MR) is 118 cm³/mol. The van der Waals surface area contributed by atoms with Gasteiger partial charge in [-0.05, 0) is 43.7 Å². The number of fused-ring (bicyclic) bond motifs is 1. The van der Waals surface area contributed by atoms with Gasteiger partial charge in [-0.3, -0.25) is 5.32 Å². The van der Waals surface area contributed by atoms with Crippen LogP contribution in [-0.2, 0) is 0 Å². The van der Waals surface area contributed by atoms with Crippen molar-refractivity contribution in [3.8, 4) is 0 Å². The van der Waals surface area contributed by atoms with Gasteiger partial charge in [-0.2, -0.15) is 0 Å². The minimum Gasteiger partial charge on any atom is -0.393 e. The quantitative estimate of drug-likeness (QED) is 0.571. The molecule has 1 fully saturated rings. The molecule has 2 amide bonds. The number of carbonyl (C=O) groups excluding carboxylic acids is 1. The van der Waals surface area contributed by atoms with Gasteiger partial charge in [0.25, 0.3) is 0 Å². The Kier molecular flexibility index (Phi) is 6.03. The van der Waals surface area contributed by atoms with E-state index >= 15 is 0 Å². The number of amides is 2. The van der Waals surface area contributed by atoms with Crippen molar-refractivity contribution in [3.63, 3.8) is 0 Å². The molecular weight excluding hydrogens is 421 g/mol. The molecule has 3 N–H and O–H groups in total. The van der Waals surface area contributed by atoms with Gasteiger partial charge in [-0.25, -0.2) is 19.2 Å². The lowest BCUT2D eigenvalue weighted by molar-refractivity contribution is 0.0953. The normalized spacial score (nSPS) is 17.8. The van der Waals surface area contributed by atoms with E-state index in [1.54, 1.807) is 17.2 Å². The zero-order chi connectivity index (χ0) is 22.1. The molecule has 4 rings (SSSR count). The van der Waals surface area contributed by atoms with Gasteiger partial charge in [0.1, 0.15) is 17.7 Å². The summed E-state index contributed by atoms with van der Waals surface area (Å²) >= 11 is 1.24. The highest BCUT2D eigenvalue weighted by molar-refractivity contribution is 7.22. The van der Waals surface area contributed by atoms with Crippen LogP contribution in [0.4, 0.5) is 20.1 Å². The maximum absolute atomic E-state index is 13.4. The first-order chi connectivity index (χ1) is 14.9. The fourth-order valence-corrected chi connectivity index (χ4v) is 4.66. The molecule has 0 unspecified atom stereocenters. The number of anilines is 2. The lowest BCUT2D eigenvalue weighted by Gasteiger charge is -2.40. The van der Waals surface area contributed by atoms with Crippen molar-refractivity contribution >= 4 is 38.5 Å². The topological polar surface area (TPSA) is 102 Å². The molecule has 0 aliphatic carbocycles. The van der Waals surface area contributed by atoms with E-state index in [9.17, 15) is 14.3 Å². The molecule has 10 heteroatoms. The molecule has 0 bridgehead atoms. The molecule has 3 aromatic rings. The Morgan fingerprint density at radius 2 is 2.19 bits per heavy atom. The number of nitrogens with zero attached hydrogens (tertiary/aromatic N) is 4. The van der Waals surface area contributed by atoms with Crippen molar-refractivity contribution < 1.29 is 19.4 Å². The average molecular weight is 446 g/mol. The van der Waals surface area contributed by atoms with Gasteiger partial charge in [-0.1, -0.05) is 11.3 Å². The molecule has 2 atom stereocenters. The van der Waals surface area contributed by atoms with Gasteiger partial charge in [0.2, 0.25) is 0 Å². The number of aliphatic hydroxyl groups excluding tert-OH is 2. The Morgan fingerprint density at radius 3 is 2.90 bits per heavy atom. The molecule has 0 radical (unpaired) electrons. The SMILES string of the molecule is Cc1cc([C@H](O)CO)cnc1N1CCN(C(=O)Nc2nc3ccc(F)cc3s2)[C@H](C)C1. The van der Waals surface area contributed by atoms with E-state index < -0.39 is 6.10 Å². The summed E-state index contributed by atoms with van der Waals surface area (Å²) in [6, 6.07) is 5.87. The Bertz CT molecular complexity index is 1110. The van der Waals surface area contributed by atoms with Gasteiger partial charge in [0.15, 0.2) is 5.13 Å². The lowest BCUT2D eigenvalue weighted by atomic mass is 10.1. The van der Waals surface area contributed by atoms with Crippen molar-refractivity contribution in [1.82, 2.24) is 14.9 Å². The third-order valence-electron chi connectivity index (χ3n) is 5.38. The highest BCUT2D eigenvalue weighted by Gasteiger charge is 2.29.